The summed E-state index contributed by atoms with van der Waals surface area (Å²) in [5.41, 5.74) is 3.09. The molecular formula is C23H23BrN2O4S. The average Bonchev–Trinajstić information content (AvgIpc) is 2.70. The Morgan fingerprint density at radius 2 is 1.81 bits per heavy atom. The molecule has 0 unspecified atom stereocenters. The summed E-state index contributed by atoms with van der Waals surface area (Å²) >= 11 is 8.80. The average molecular weight is 503 g/mol. The van der Waals surface area contributed by atoms with Crippen molar-refractivity contribution in [3.05, 3.63) is 57.1 Å². The first kappa shape index (κ1) is 23.0. The third-order valence-corrected chi connectivity index (χ3v) is 5.51. The van der Waals surface area contributed by atoms with Crippen molar-refractivity contribution in [3.8, 4) is 11.5 Å². The first-order chi connectivity index (χ1) is 14.8. The minimum Gasteiger partial charge on any atom is -0.490 e. The van der Waals surface area contributed by atoms with Gasteiger partial charge < -0.3 is 9.47 Å². The lowest BCUT2D eigenvalue weighted by atomic mass is 10.0. The molecule has 2 amide bonds. The number of carbonyl (C=O) groups is 2. The predicted octanol–water partition coefficient (Wildman–Crippen LogP) is 4.69. The van der Waals surface area contributed by atoms with Crippen LogP contribution < -0.4 is 19.7 Å². The molecule has 1 saturated heterocycles. The van der Waals surface area contributed by atoms with Gasteiger partial charge in [0.25, 0.3) is 11.8 Å². The summed E-state index contributed by atoms with van der Waals surface area (Å²) in [6.45, 7) is 8.50. The van der Waals surface area contributed by atoms with Gasteiger partial charge in [-0.1, -0.05) is 12.1 Å². The molecule has 1 aliphatic heterocycles. The molecule has 1 fully saturated rings. The summed E-state index contributed by atoms with van der Waals surface area (Å²) in [5.74, 6) is 0.0743. The maximum atomic E-state index is 13.3. The first-order valence-corrected chi connectivity index (χ1v) is 11.0. The fourth-order valence-corrected chi connectivity index (χ4v) is 4.07. The zero-order valence-corrected chi connectivity index (χ0v) is 20.1. The van der Waals surface area contributed by atoms with Crippen LogP contribution >= 0.6 is 28.1 Å². The highest BCUT2D eigenvalue weighted by atomic mass is 79.9. The van der Waals surface area contributed by atoms with E-state index in [9.17, 15) is 9.59 Å². The number of nitrogens with zero attached hydrogens (tertiary/aromatic N) is 1. The van der Waals surface area contributed by atoms with Gasteiger partial charge in [-0.25, -0.2) is 0 Å². The molecular weight excluding hydrogens is 480 g/mol. The van der Waals surface area contributed by atoms with Gasteiger partial charge in [-0.15, -0.1) is 0 Å². The number of amides is 2. The van der Waals surface area contributed by atoms with Crippen molar-refractivity contribution in [2.75, 3.05) is 18.1 Å². The number of aryl methyl sites for hydroxylation is 2. The van der Waals surface area contributed by atoms with Crippen LogP contribution in [0.5, 0.6) is 11.5 Å². The van der Waals surface area contributed by atoms with E-state index in [0.29, 0.717) is 40.4 Å². The van der Waals surface area contributed by atoms with Crippen LogP contribution in [0.2, 0.25) is 0 Å². The molecule has 2 aromatic carbocycles. The Morgan fingerprint density at radius 3 is 2.48 bits per heavy atom. The van der Waals surface area contributed by atoms with E-state index in [0.717, 1.165) is 11.1 Å². The highest BCUT2D eigenvalue weighted by Gasteiger charge is 2.35. The summed E-state index contributed by atoms with van der Waals surface area (Å²) in [6, 6.07) is 9.25. The topological polar surface area (TPSA) is 67.9 Å². The Labute approximate surface area is 195 Å². The predicted molar refractivity (Wildman–Crippen MR) is 129 cm³/mol. The molecule has 0 spiro atoms. The lowest BCUT2D eigenvalue weighted by molar-refractivity contribution is -0.122. The van der Waals surface area contributed by atoms with E-state index in [1.54, 1.807) is 12.1 Å². The number of carbonyl (C=O) groups excluding carboxylic acids is 2. The van der Waals surface area contributed by atoms with Crippen molar-refractivity contribution in [2.24, 2.45) is 0 Å². The second kappa shape index (κ2) is 9.62. The van der Waals surface area contributed by atoms with Gasteiger partial charge in [-0.05, 0) is 96.8 Å². The third-order valence-electron chi connectivity index (χ3n) is 4.64. The van der Waals surface area contributed by atoms with E-state index in [-0.39, 0.29) is 10.7 Å². The van der Waals surface area contributed by atoms with Crippen molar-refractivity contribution in [2.45, 2.75) is 27.7 Å². The second-order valence-corrected chi connectivity index (χ2v) is 8.18. The van der Waals surface area contributed by atoms with Crippen LogP contribution in [0.1, 0.15) is 30.5 Å². The van der Waals surface area contributed by atoms with Gasteiger partial charge in [-0.3, -0.25) is 19.8 Å². The van der Waals surface area contributed by atoms with Crippen LogP contribution in [0.25, 0.3) is 6.08 Å². The van der Waals surface area contributed by atoms with Crippen molar-refractivity contribution >= 4 is 56.8 Å². The lowest BCUT2D eigenvalue weighted by Gasteiger charge is -2.30. The summed E-state index contributed by atoms with van der Waals surface area (Å²) in [6.07, 6.45) is 1.53. The zero-order valence-electron chi connectivity index (χ0n) is 17.7. The number of benzene rings is 2. The highest BCUT2D eigenvalue weighted by Crippen LogP contribution is 2.38. The minimum atomic E-state index is -0.542. The van der Waals surface area contributed by atoms with E-state index in [2.05, 4.69) is 21.2 Å². The largest absolute Gasteiger partial charge is 0.490 e. The molecule has 0 bridgehead atoms. The van der Waals surface area contributed by atoms with Crippen molar-refractivity contribution in [3.63, 3.8) is 0 Å². The Bertz CT molecular complexity index is 1100. The zero-order chi connectivity index (χ0) is 22.7. The van der Waals surface area contributed by atoms with Crippen molar-refractivity contribution in [1.82, 2.24) is 5.32 Å². The molecule has 1 aliphatic rings. The van der Waals surface area contributed by atoms with Gasteiger partial charge in [0.2, 0.25) is 0 Å². The monoisotopic (exact) mass is 502 g/mol. The Morgan fingerprint density at radius 1 is 1.10 bits per heavy atom. The molecule has 31 heavy (non-hydrogen) atoms. The number of anilines is 1. The van der Waals surface area contributed by atoms with E-state index in [1.165, 1.54) is 11.0 Å². The van der Waals surface area contributed by atoms with Crippen molar-refractivity contribution in [1.29, 1.82) is 0 Å². The van der Waals surface area contributed by atoms with Gasteiger partial charge in [0.05, 0.1) is 23.4 Å². The van der Waals surface area contributed by atoms with Crippen LogP contribution in [0.4, 0.5) is 5.69 Å². The molecule has 0 aromatic heterocycles. The van der Waals surface area contributed by atoms with E-state index < -0.39 is 11.8 Å². The highest BCUT2D eigenvalue weighted by molar-refractivity contribution is 9.10. The fourth-order valence-electron chi connectivity index (χ4n) is 3.22. The SMILES string of the molecule is CCOc1cc(/C=C2\C(=O)NC(=S)N(c3cc(C)ccc3C)C2=O)cc(Br)c1OCC. The maximum absolute atomic E-state index is 13.3. The normalized spacial score (nSPS) is 15.3. The van der Waals surface area contributed by atoms with Crippen molar-refractivity contribution < 1.29 is 19.1 Å². The minimum absolute atomic E-state index is 0.0204. The molecule has 1 heterocycles. The molecule has 1 N–H and O–H groups in total. The number of halogens is 1. The maximum Gasteiger partial charge on any atom is 0.270 e. The van der Waals surface area contributed by atoms with Gasteiger partial charge in [0.15, 0.2) is 16.6 Å². The summed E-state index contributed by atoms with van der Waals surface area (Å²) in [4.78, 5) is 27.3. The molecule has 6 nitrogen and oxygen atoms in total. The molecule has 162 valence electrons. The molecule has 2 aromatic rings. The second-order valence-electron chi connectivity index (χ2n) is 6.94. The summed E-state index contributed by atoms with van der Waals surface area (Å²) < 4.78 is 12.0. The van der Waals surface area contributed by atoms with Crippen LogP contribution in [0.3, 0.4) is 0 Å². The molecule has 0 radical (unpaired) electrons. The first-order valence-electron chi connectivity index (χ1n) is 9.84. The number of ether oxygens (including phenoxy) is 2. The van der Waals surface area contributed by atoms with E-state index in [4.69, 9.17) is 21.7 Å². The Balaban J connectivity index is 2.07. The van der Waals surface area contributed by atoms with Gasteiger partial charge in [-0.2, -0.15) is 0 Å². The number of hydrogen-bond acceptors (Lipinski definition) is 5. The molecule has 0 aliphatic carbocycles. The van der Waals surface area contributed by atoms with Crippen LogP contribution in [-0.4, -0.2) is 30.1 Å². The van der Waals surface area contributed by atoms with Crippen LogP contribution in [0.15, 0.2) is 40.4 Å². The summed E-state index contributed by atoms with van der Waals surface area (Å²) in [7, 11) is 0. The van der Waals surface area contributed by atoms with Gasteiger partial charge >= 0.3 is 0 Å². The van der Waals surface area contributed by atoms with Gasteiger partial charge in [0, 0.05) is 0 Å². The van der Waals surface area contributed by atoms with Crippen LogP contribution in [-0.2, 0) is 9.59 Å². The lowest BCUT2D eigenvalue weighted by Crippen LogP contribution is -2.54. The Hall–Kier alpha value is -2.71. The van der Waals surface area contributed by atoms with E-state index in [1.807, 2.05) is 45.9 Å². The molecule has 3 rings (SSSR count). The molecule has 0 atom stereocenters. The van der Waals surface area contributed by atoms with Gasteiger partial charge in [0.1, 0.15) is 5.57 Å². The number of nitrogens with one attached hydrogen (secondary N) is 1. The standard InChI is InChI=1S/C23H23BrN2O4S/c1-5-29-19-12-15(11-17(24)20(19)30-6-2)10-16-21(27)25-23(31)26(22(16)28)18-9-13(3)7-8-14(18)4/h7-12H,5-6H2,1-4H3,(H,25,27,31)/b16-10+. The van der Waals surface area contributed by atoms with E-state index >= 15 is 0 Å². The van der Waals surface area contributed by atoms with Crippen LogP contribution in [0, 0.1) is 13.8 Å². The Kier molecular flexibility index (Phi) is 7.12. The fraction of sp³-hybridized carbons (Fsp3) is 0.261. The number of thiocarbonyl (C=S) groups is 1. The smallest absolute Gasteiger partial charge is 0.270 e. The molecule has 8 heteroatoms. The quantitative estimate of drug-likeness (QED) is 0.352. The number of rotatable bonds is 6. The number of hydrogen-bond donors (Lipinski definition) is 1. The summed E-state index contributed by atoms with van der Waals surface area (Å²) in [5, 5.41) is 2.68. The third kappa shape index (κ3) is 4.80. The molecule has 0 saturated carbocycles.